The maximum atomic E-state index is 12.1. The van der Waals surface area contributed by atoms with Gasteiger partial charge in [0.05, 0.1) is 11.3 Å². The van der Waals surface area contributed by atoms with Crippen molar-refractivity contribution in [3.8, 4) is 0 Å². The summed E-state index contributed by atoms with van der Waals surface area (Å²) in [6.07, 6.45) is 0.0666. The van der Waals surface area contributed by atoms with Crippen LogP contribution in [0.4, 0.5) is 0 Å². The highest BCUT2D eigenvalue weighted by Crippen LogP contribution is 2.36. The minimum atomic E-state index is -0.651. The molecule has 3 amide bonds. The maximum absolute atomic E-state index is 12.1. The fourth-order valence-corrected chi connectivity index (χ4v) is 3.74. The lowest BCUT2D eigenvalue weighted by atomic mass is 10.2. The van der Waals surface area contributed by atoms with Gasteiger partial charge in [0.15, 0.2) is 0 Å². The van der Waals surface area contributed by atoms with Crippen molar-refractivity contribution >= 4 is 45.0 Å². The summed E-state index contributed by atoms with van der Waals surface area (Å²) in [6.45, 7) is 0.392. The number of hydrogen-bond acceptors (Lipinski definition) is 4. The Morgan fingerprint density at radius 2 is 2.18 bits per heavy atom. The fraction of sp³-hybridized carbons (Fsp3) is 0.300. The van der Waals surface area contributed by atoms with E-state index < -0.39 is 6.04 Å². The van der Waals surface area contributed by atoms with Crippen molar-refractivity contribution < 1.29 is 14.4 Å². The van der Waals surface area contributed by atoms with E-state index in [-0.39, 0.29) is 24.1 Å². The Balaban J connectivity index is 1.92. The number of carbonyl (C=O) groups excluding carboxylic acids is 3. The Kier molecular flexibility index (Phi) is 2.34. The van der Waals surface area contributed by atoms with Crippen molar-refractivity contribution in [2.75, 3.05) is 0 Å². The van der Waals surface area contributed by atoms with Gasteiger partial charge in [0.2, 0.25) is 11.8 Å². The molecule has 0 saturated carbocycles. The molecule has 5 nitrogen and oxygen atoms in total. The molecule has 0 aliphatic carbocycles. The molecule has 1 N–H and O–H groups in total. The van der Waals surface area contributed by atoms with Gasteiger partial charge in [-0.2, -0.15) is 0 Å². The first kappa shape index (κ1) is 10.9. The summed E-state index contributed by atoms with van der Waals surface area (Å²) in [5.41, 5.74) is 0.909. The number of fused-ring (bicyclic) bond motifs is 1. The number of carbonyl (C=O) groups is 3. The van der Waals surface area contributed by atoms with Crippen LogP contribution in [0.15, 0.2) is 9.85 Å². The van der Waals surface area contributed by atoms with E-state index in [0.29, 0.717) is 11.4 Å². The molecule has 0 spiro atoms. The summed E-state index contributed by atoms with van der Waals surface area (Å²) < 4.78 is 0.887. The molecule has 0 bridgehead atoms. The molecule has 1 atom stereocenters. The van der Waals surface area contributed by atoms with Crippen LogP contribution in [0.3, 0.4) is 0 Å². The number of rotatable bonds is 1. The second kappa shape index (κ2) is 3.64. The van der Waals surface area contributed by atoms with Gasteiger partial charge in [-0.3, -0.25) is 19.7 Å². The molecule has 1 unspecified atom stereocenters. The second-order valence-electron chi connectivity index (χ2n) is 3.96. The van der Waals surface area contributed by atoms with Crippen LogP contribution >= 0.6 is 27.3 Å². The predicted octanol–water partition coefficient (Wildman–Crippen LogP) is 0.882. The quantitative estimate of drug-likeness (QED) is 0.783. The van der Waals surface area contributed by atoms with E-state index in [2.05, 4.69) is 21.2 Å². The lowest BCUT2D eigenvalue weighted by Crippen LogP contribution is -2.40. The molecule has 1 fully saturated rings. The number of thiophene rings is 1. The van der Waals surface area contributed by atoms with E-state index in [1.165, 1.54) is 16.2 Å². The molecule has 0 radical (unpaired) electrons. The zero-order chi connectivity index (χ0) is 12.2. The predicted molar refractivity (Wildman–Crippen MR) is 63.4 cm³/mol. The molecule has 1 saturated heterocycles. The van der Waals surface area contributed by atoms with Crippen molar-refractivity contribution in [2.24, 2.45) is 0 Å². The van der Waals surface area contributed by atoms with Crippen molar-refractivity contribution in [2.45, 2.75) is 19.0 Å². The van der Waals surface area contributed by atoms with Crippen LogP contribution in [0.2, 0.25) is 0 Å². The van der Waals surface area contributed by atoms with E-state index in [4.69, 9.17) is 0 Å². The summed E-state index contributed by atoms with van der Waals surface area (Å²) in [5, 5.41) is 4.08. The minimum absolute atomic E-state index is 0.0666. The van der Waals surface area contributed by atoms with E-state index in [9.17, 15) is 14.4 Å². The van der Waals surface area contributed by atoms with Crippen molar-refractivity contribution in [3.63, 3.8) is 0 Å². The number of hydrogen-bond donors (Lipinski definition) is 1. The standard InChI is InChI=1S/C10H7BrN2O3S/c11-5-3-17-8-4(5)2-13(10(8)16)6-1-7(14)12-9(6)15/h3,6H,1-2H2,(H,12,14,15). The van der Waals surface area contributed by atoms with Crippen LogP contribution < -0.4 is 5.32 Å². The summed E-state index contributed by atoms with van der Waals surface area (Å²) in [5.74, 6) is -0.859. The van der Waals surface area contributed by atoms with Crippen LogP contribution in [-0.4, -0.2) is 28.7 Å². The highest BCUT2D eigenvalue weighted by molar-refractivity contribution is 9.10. The topological polar surface area (TPSA) is 66.5 Å². The molecule has 17 heavy (non-hydrogen) atoms. The molecular formula is C10H7BrN2O3S. The van der Waals surface area contributed by atoms with E-state index in [0.717, 1.165) is 10.0 Å². The number of imide groups is 1. The number of halogens is 1. The molecule has 88 valence electrons. The SMILES string of the molecule is O=C1CC(N2Cc3c(Br)csc3C2=O)C(=O)N1. The smallest absolute Gasteiger partial charge is 0.265 e. The summed E-state index contributed by atoms with van der Waals surface area (Å²) in [4.78, 5) is 36.9. The van der Waals surface area contributed by atoms with Gasteiger partial charge in [-0.05, 0) is 15.9 Å². The highest BCUT2D eigenvalue weighted by Gasteiger charge is 2.42. The summed E-state index contributed by atoms with van der Waals surface area (Å²) >= 11 is 4.73. The second-order valence-corrected chi connectivity index (χ2v) is 5.69. The Labute approximate surface area is 109 Å². The molecule has 3 heterocycles. The Morgan fingerprint density at radius 1 is 1.41 bits per heavy atom. The van der Waals surface area contributed by atoms with Crippen molar-refractivity contribution in [1.82, 2.24) is 10.2 Å². The van der Waals surface area contributed by atoms with Gasteiger partial charge in [-0.1, -0.05) is 0 Å². The van der Waals surface area contributed by atoms with Gasteiger partial charge >= 0.3 is 0 Å². The van der Waals surface area contributed by atoms with Crippen LogP contribution in [0, 0.1) is 0 Å². The Hall–Kier alpha value is -1.21. The zero-order valence-electron chi connectivity index (χ0n) is 8.53. The van der Waals surface area contributed by atoms with Gasteiger partial charge in [0.1, 0.15) is 6.04 Å². The maximum Gasteiger partial charge on any atom is 0.265 e. The van der Waals surface area contributed by atoms with E-state index in [1.54, 1.807) is 0 Å². The van der Waals surface area contributed by atoms with Crippen molar-refractivity contribution in [1.29, 1.82) is 0 Å². The van der Waals surface area contributed by atoms with E-state index >= 15 is 0 Å². The molecule has 2 aliphatic rings. The summed E-state index contributed by atoms with van der Waals surface area (Å²) in [7, 11) is 0. The largest absolute Gasteiger partial charge is 0.321 e. The van der Waals surface area contributed by atoms with E-state index in [1.807, 2.05) is 5.38 Å². The van der Waals surface area contributed by atoms with Gasteiger partial charge in [-0.15, -0.1) is 11.3 Å². The third kappa shape index (κ3) is 1.53. The van der Waals surface area contributed by atoms with Gasteiger partial charge in [-0.25, -0.2) is 0 Å². The molecule has 3 rings (SSSR count). The Morgan fingerprint density at radius 3 is 2.76 bits per heavy atom. The van der Waals surface area contributed by atoms with Gasteiger partial charge in [0.25, 0.3) is 5.91 Å². The lowest BCUT2D eigenvalue weighted by Gasteiger charge is -2.20. The molecular weight excluding hydrogens is 308 g/mol. The fourth-order valence-electron chi connectivity index (χ4n) is 2.10. The molecule has 7 heteroatoms. The molecule has 2 aliphatic heterocycles. The minimum Gasteiger partial charge on any atom is -0.321 e. The monoisotopic (exact) mass is 314 g/mol. The third-order valence-corrected chi connectivity index (χ3v) is 4.97. The lowest BCUT2D eigenvalue weighted by molar-refractivity contribution is -0.126. The van der Waals surface area contributed by atoms with Crippen LogP contribution in [0.1, 0.15) is 21.7 Å². The Bertz CT molecular complexity index is 554. The first-order valence-electron chi connectivity index (χ1n) is 4.98. The average molecular weight is 315 g/mol. The number of nitrogens with zero attached hydrogens (tertiary/aromatic N) is 1. The third-order valence-electron chi connectivity index (χ3n) is 2.95. The average Bonchev–Trinajstić information content (AvgIpc) is 2.87. The first-order chi connectivity index (χ1) is 8.08. The van der Waals surface area contributed by atoms with Crippen LogP contribution in [0.5, 0.6) is 0 Å². The van der Waals surface area contributed by atoms with Gasteiger partial charge in [0, 0.05) is 22.0 Å². The number of amides is 3. The van der Waals surface area contributed by atoms with Crippen LogP contribution in [-0.2, 0) is 16.1 Å². The number of nitrogens with one attached hydrogen (secondary N) is 1. The van der Waals surface area contributed by atoms with Gasteiger partial charge < -0.3 is 4.90 Å². The van der Waals surface area contributed by atoms with Crippen molar-refractivity contribution in [3.05, 3.63) is 20.3 Å². The normalized spacial score (nSPS) is 23.2. The summed E-state index contributed by atoms with van der Waals surface area (Å²) in [6, 6.07) is -0.651. The molecule has 1 aromatic heterocycles. The first-order valence-corrected chi connectivity index (χ1v) is 6.65. The highest BCUT2D eigenvalue weighted by atomic mass is 79.9. The molecule has 1 aromatic rings. The zero-order valence-corrected chi connectivity index (χ0v) is 10.9. The molecule has 0 aromatic carbocycles. The van der Waals surface area contributed by atoms with Crippen LogP contribution in [0.25, 0.3) is 0 Å².